The SMILES string of the molecule is Cc1cc(C)c(S(=O)(=O)N[C@@H](CNC(=O)c2ccc(CCC(=O)NC3=NCCCN3)s2)C(=O)OC(C)(C)C)c(C)c1. The summed E-state index contributed by atoms with van der Waals surface area (Å²) in [5, 5.41) is 8.43. The average Bonchev–Trinajstić information content (AvgIpc) is 3.33. The van der Waals surface area contributed by atoms with Crippen LogP contribution in [0.1, 0.15) is 64.9 Å². The normalized spacial score (nSPS) is 14.4. The molecule has 0 saturated carbocycles. The molecule has 224 valence electrons. The summed E-state index contributed by atoms with van der Waals surface area (Å²) in [4.78, 5) is 43.6. The lowest BCUT2D eigenvalue weighted by Gasteiger charge is -2.25. The van der Waals surface area contributed by atoms with Gasteiger partial charge in [-0.1, -0.05) is 17.7 Å². The maximum absolute atomic E-state index is 13.4. The number of nitrogens with one attached hydrogen (secondary N) is 4. The predicted molar refractivity (Wildman–Crippen MR) is 159 cm³/mol. The van der Waals surface area contributed by atoms with Crippen molar-refractivity contribution in [1.82, 2.24) is 20.7 Å². The summed E-state index contributed by atoms with van der Waals surface area (Å²) in [5.74, 6) is -0.972. The molecule has 0 bridgehead atoms. The quantitative estimate of drug-likeness (QED) is 0.303. The molecule has 2 heterocycles. The van der Waals surface area contributed by atoms with Crippen molar-refractivity contribution in [3.8, 4) is 0 Å². The fraction of sp³-hybridized carbons (Fsp3) is 0.500. The summed E-state index contributed by atoms with van der Waals surface area (Å²) < 4.78 is 34.6. The Labute approximate surface area is 245 Å². The maximum Gasteiger partial charge on any atom is 0.326 e. The Kier molecular flexibility index (Phi) is 10.7. The smallest absolute Gasteiger partial charge is 0.326 e. The summed E-state index contributed by atoms with van der Waals surface area (Å²) in [6, 6.07) is 5.55. The number of amides is 2. The first-order chi connectivity index (χ1) is 19.1. The topological polar surface area (TPSA) is 155 Å². The highest BCUT2D eigenvalue weighted by molar-refractivity contribution is 7.89. The van der Waals surface area contributed by atoms with Crippen LogP contribution in [-0.2, 0) is 30.8 Å². The van der Waals surface area contributed by atoms with Gasteiger partial charge >= 0.3 is 5.97 Å². The van der Waals surface area contributed by atoms with Crippen molar-refractivity contribution >= 4 is 45.1 Å². The summed E-state index contributed by atoms with van der Waals surface area (Å²) in [7, 11) is -4.12. The molecule has 1 aromatic heterocycles. The molecular formula is C28H39N5O6S2. The number of esters is 1. The zero-order valence-electron chi connectivity index (χ0n) is 24.3. The number of carbonyl (C=O) groups excluding carboxylic acids is 3. The number of rotatable bonds is 10. The van der Waals surface area contributed by atoms with Crippen LogP contribution in [0.3, 0.4) is 0 Å². The first-order valence-electron chi connectivity index (χ1n) is 13.4. The van der Waals surface area contributed by atoms with Crippen molar-refractivity contribution in [2.45, 2.75) is 77.3 Å². The Hall–Kier alpha value is -3.29. The molecule has 3 rings (SSSR count). The second-order valence-electron chi connectivity index (χ2n) is 11.0. The highest BCUT2D eigenvalue weighted by atomic mass is 32.2. The highest BCUT2D eigenvalue weighted by Gasteiger charge is 2.32. The van der Waals surface area contributed by atoms with Crippen molar-refractivity contribution in [3.05, 3.63) is 50.7 Å². The van der Waals surface area contributed by atoms with Crippen molar-refractivity contribution < 1.29 is 27.5 Å². The van der Waals surface area contributed by atoms with E-state index in [9.17, 15) is 22.8 Å². The van der Waals surface area contributed by atoms with E-state index in [4.69, 9.17) is 4.74 Å². The number of sulfonamides is 1. The molecule has 1 atom stereocenters. The number of hydrogen-bond acceptors (Lipinski definition) is 9. The summed E-state index contributed by atoms with van der Waals surface area (Å²) in [6.45, 7) is 11.4. The lowest BCUT2D eigenvalue weighted by atomic mass is 10.1. The van der Waals surface area contributed by atoms with Gasteiger partial charge in [-0.05, 0) is 77.6 Å². The van der Waals surface area contributed by atoms with Gasteiger partial charge in [0.05, 0.1) is 9.77 Å². The van der Waals surface area contributed by atoms with E-state index in [1.165, 1.54) is 11.3 Å². The highest BCUT2D eigenvalue weighted by Crippen LogP contribution is 2.23. The second-order valence-corrected chi connectivity index (χ2v) is 13.8. The van der Waals surface area contributed by atoms with Gasteiger partial charge in [0.1, 0.15) is 11.6 Å². The molecule has 2 aromatic rings. The van der Waals surface area contributed by atoms with Crippen molar-refractivity contribution in [2.24, 2.45) is 4.99 Å². The number of carbonyl (C=O) groups is 3. The number of thiophene rings is 1. The number of ether oxygens (including phenoxy) is 1. The van der Waals surface area contributed by atoms with Gasteiger partial charge in [-0.25, -0.2) is 8.42 Å². The molecule has 2 amide bonds. The molecule has 4 N–H and O–H groups in total. The summed E-state index contributed by atoms with van der Waals surface area (Å²) in [6.07, 6.45) is 1.59. The number of nitrogens with zero attached hydrogens (tertiary/aromatic N) is 1. The maximum atomic E-state index is 13.4. The first kappa shape index (κ1) is 32.2. The van der Waals surface area contributed by atoms with Gasteiger partial charge in [0.15, 0.2) is 5.96 Å². The molecule has 0 unspecified atom stereocenters. The van der Waals surface area contributed by atoms with E-state index < -0.39 is 33.5 Å². The Morgan fingerprint density at radius 3 is 2.41 bits per heavy atom. The van der Waals surface area contributed by atoms with Crippen LogP contribution in [0.5, 0.6) is 0 Å². The number of hydrogen-bond donors (Lipinski definition) is 4. The Bertz CT molecular complexity index is 1400. The first-order valence-corrected chi connectivity index (χ1v) is 15.7. The van der Waals surface area contributed by atoms with E-state index in [0.717, 1.165) is 23.4 Å². The van der Waals surface area contributed by atoms with Crippen molar-refractivity contribution in [2.75, 3.05) is 19.6 Å². The summed E-state index contributed by atoms with van der Waals surface area (Å²) >= 11 is 1.22. The second kappa shape index (κ2) is 13.6. The fourth-order valence-corrected chi connectivity index (χ4v) is 6.91. The zero-order chi connectivity index (χ0) is 30.4. The van der Waals surface area contributed by atoms with Crippen molar-refractivity contribution in [1.29, 1.82) is 0 Å². The molecule has 1 aliphatic rings. The van der Waals surface area contributed by atoms with Crippen molar-refractivity contribution in [3.63, 3.8) is 0 Å². The van der Waals surface area contributed by atoms with Gasteiger partial charge in [-0.15, -0.1) is 11.3 Å². The van der Waals surface area contributed by atoms with E-state index in [0.29, 0.717) is 34.9 Å². The number of benzene rings is 1. The van der Waals surface area contributed by atoms with Gasteiger partial charge in [0.25, 0.3) is 5.91 Å². The molecule has 1 aromatic carbocycles. The standard InChI is InChI=1S/C28H39N5O6S2/c1-17-14-18(2)24(19(3)15-17)41(37,38)33-21(26(36)39-28(4,5)6)16-31-25(35)22-10-8-20(40-22)9-11-23(34)32-27-29-12-7-13-30-27/h8,10,14-15,21,33H,7,9,11-13,16H2,1-6H3,(H,31,35)(H2,29,30,32,34)/t21-/m0/s1. The third-order valence-corrected chi connectivity index (χ3v) is 8.89. The Balaban J connectivity index is 1.66. The third kappa shape index (κ3) is 9.65. The van der Waals surface area contributed by atoms with E-state index in [1.54, 1.807) is 58.9 Å². The third-order valence-electron chi connectivity index (χ3n) is 5.97. The molecular weight excluding hydrogens is 566 g/mol. The monoisotopic (exact) mass is 605 g/mol. The molecule has 0 radical (unpaired) electrons. The number of aliphatic imine (C=N–C) groups is 1. The minimum Gasteiger partial charge on any atom is -0.459 e. The molecule has 0 spiro atoms. The minimum absolute atomic E-state index is 0.0845. The predicted octanol–water partition coefficient (Wildman–Crippen LogP) is 2.49. The molecule has 1 aliphatic heterocycles. The van der Waals surface area contributed by atoms with E-state index in [-0.39, 0.29) is 23.8 Å². The molecule has 0 aliphatic carbocycles. The van der Waals surface area contributed by atoms with E-state index in [2.05, 4.69) is 25.7 Å². The van der Waals surface area contributed by atoms with Crippen LogP contribution in [0.4, 0.5) is 0 Å². The largest absolute Gasteiger partial charge is 0.459 e. The van der Waals surface area contributed by atoms with Gasteiger partial charge in [0.2, 0.25) is 15.9 Å². The van der Waals surface area contributed by atoms with Crippen LogP contribution in [0.25, 0.3) is 0 Å². The number of aryl methyl sites for hydroxylation is 4. The Morgan fingerprint density at radius 2 is 1.80 bits per heavy atom. The lowest BCUT2D eigenvalue weighted by Crippen LogP contribution is -2.50. The fourth-order valence-electron chi connectivity index (χ4n) is 4.35. The van der Waals surface area contributed by atoms with Gasteiger partial charge in [-0.2, -0.15) is 4.72 Å². The Morgan fingerprint density at radius 1 is 1.12 bits per heavy atom. The van der Waals surface area contributed by atoms with E-state index >= 15 is 0 Å². The average molecular weight is 606 g/mol. The van der Waals surface area contributed by atoms with Crippen LogP contribution < -0.4 is 20.7 Å². The zero-order valence-corrected chi connectivity index (χ0v) is 26.0. The van der Waals surface area contributed by atoms with Gasteiger partial charge in [0, 0.05) is 30.9 Å². The molecule has 13 heteroatoms. The lowest BCUT2D eigenvalue weighted by molar-refractivity contribution is -0.156. The van der Waals surface area contributed by atoms with Crippen LogP contribution in [0, 0.1) is 20.8 Å². The molecule has 41 heavy (non-hydrogen) atoms. The molecule has 11 nitrogen and oxygen atoms in total. The van der Waals surface area contributed by atoms with Gasteiger partial charge in [-0.3, -0.25) is 24.7 Å². The van der Waals surface area contributed by atoms with Crippen LogP contribution in [0.2, 0.25) is 0 Å². The minimum atomic E-state index is -4.12. The number of guanidine groups is 1. The van der Waals surface area contributed by atoms with Crippen LogP contribution >= 0.6 is 11.3 Å². The van der Waals surface area contributed by atoms with E-state index in [1.807, 2.05) is 6.92 Å². The van der Waals surface area contributed by atoms with Crippen LogP contribution in [0.15, 0.2) is 34.2 Å². The summed E-state index contributed by atoms with van der Waals surface area (Å²) in [5.41, 5.74) is 1.14. The molecule has 0 fully saturated rings. The molecule has 0 saturated heterocycles. The van der Waals surface area contributed by atoms with Crippen LogP contribution in [-0.4, -0.2) is 63.4 Å². The van der Waals surface area contributed by atoms with Gasteiger partial charge < -0.3 is 15.4 Å².